The van der Waals surface area contributed by atoms with E-state index in [1.165, 1.54) is 0 Å². The minimum Gasteiger partial charge on any atom is -0.396 e. The summed E-state index contributed by atoms with van der Waals surface area (Å²) in [6.45, 7) is 0.0482. The number of carbonyl (C=O) groups is 1. The third-order valence-electron chi connectivity index (χ3n) is 4.58. The van der Waals surface area contributed by atoms with Gasteiger partial charge in [-0.15, -0.1) is 0 Å². The van der Waals surface area contributed by atoms with Crippen LogP contribution in [0.2, 0.25) is 0 Å². The Morgan fingerprint density at radius 3 is 2.45 bits per heavy atom. The molecule has 0 aromatic rings. The van der Waals surface area contributed by atoms with Crippen molar-refractivity contribution in [2.24, 2.45) is 17.8 Å². The first kappa shape index (κ1) is 16.0. The zero-order valence-corrected chi connectivity index (χ0v) is 12.6. The molecule has 2 saturated carbocycles. The van der Waals surface area contributed by atoms with E-state index in [2.05, 4.69) is 5.32 Å². The Hall–Kier alpha value is -0.360. The monoisotopic (exact) mass is 307 g/mol. The van der Waals surface area contributed by atoms with Gasteiger partial charge in [0, 0.05) is 36.2 Å². The van der Waals surface area contributed by atoms with Crippen molar-refractivity contribution in [1.29, 1.82) is 0 Å². The molecule has 0 heterocycles. The lowest BCUT2D eigenvalue weighted by Gasteiger charge is -2.21. The van der Waals surface area contributed by atoms with Crippen molar-refractivity contribution in [3.63, 3.8) is 0 Å². The first-order valence-corrected chi connectivity index (χ1v) is 8.68. The van der Waals surface area contributed by atoms with Crippen LogP contribution in [0.15, 0.2) is 0 Å². The van der Waals surface area contributed by atoms with Crippen LogP contribution in [0.4, 0.5) is 8.78 Å². The molecule has 3 atom stereocenters. The summed E-state index contributed by atoms with van der Waals surface area (Å²) in [5.41, 5.74) is 0. The van der Waals surface area contributed by atoms with Gasteiger partial charge in [-0.1, -0.05) is 0 Å². The van der Waals surface area contributed by atoms with Crippen LogP contribution in [0.3, 0.4) is 0 Å². The molecule has 2 aliphatic carbocycles. The van der Waals surface area contributed by atoms with E-state index in [9.17, 15) is 13.6 Å². The van der Waals surface area contributed by atoms with Gasteiger partial charge in [0.2, 0.25) is 5.91 Å². The maximum atomic E-state index is 13.3. The average Bonchev–Trinajstić information content (AvgIpc) is 3.00. The fraction of sp³-hybridized carbons (Fsp3) is 0.929. The minimum atomic E-state index is -2.47. The molecule has 6 heteroatoms. The molecule has 2 N–H and O–H groups in total. The van der Waals surface area contributed by atoms with Gasteiger partial charge in [-0.3, -0.25) is 4.79 Å². The zero-order valence-electron chi connectivity index (χ0n) is 11.8. The van der Waals surface area contributed by atoms with Gasteiger partial charge in [0.25, 0.3) is 5.92 Å². The van der Waals surface area contributed by atoms with E-state index in [4.69, 9.17) is 5.11 Å². The molecule has 2 aliphatic rings. The molecule has 0 spiro atoms. The van der Waals surface area contributed by atoms with Gasteiger partial charge in [0.1, 0.15) is 0 Å². The maximum Gasteiger partial charge on any atom is 0.254 e. The number of nitrogens with one attached hydrogen (secondary N) is 1. The highest BCUT2D eigenvalue weighted by Crippen LogP contribution is 2.61. The molecule has 2 fully saturated rings. The third-order valence-corrected chi connectivity index (χ3v) is 5.32. The molecule has 0 radical (unpaired) electrons. The third kappa shape index (κ3) is 3.45. The quantitative estimate of drug-likeness (QED) is 0.791. The van der Waals surface area contributed by atoms with E-state index in [-0.39, 0.29) is 24.5 Å². The summed E-state index contributed by atoms with van der Waals surface area (Å²) in [6, 6.07) is -0.0262. The number of alkyl halides is 2. The van der Waals surface area contributed by atoms with E-state index in [0.717, 1.165) is 5.75 Å². The van der Waals surface area contributed by atoms with Gasteiger partial charge >= 0.3 is 0 Å². The first-order valence-electron chi connectivity index (χ1n) is 7.28. The van der Waals surface area contributed by atoms with Gasteiger partial charge in [0.05, 0.1) is 0 Å². The fourth-order valence-electron chi connectivity index (χ4n) is 3.29. The van der Waals surface area contributed by atoms with E-state index < -0.39 is 17.8 Å². The lowest BCUT2D eigenvalue weighted by molar-refractivity contribution is -0.126. The second kappa shape index (κ2) is 6.60. The van der Waals surface area contributed by atoms with E-state index in [1.54, 1.807) is 11.8 Å². The fourth-order valence-corrected chi connectivity index (χ4v) is 3.94. The standard InChI is InChI=1S/C14H23F2NO2S/c1-20-8-10(6-7-18)17-13(19)9-2-4-11-12(5-3-9)14(11,15)16/h9-12,18H,2-8H2,1H3,(H,17,19). The van der Waals surface area contributed by atoms with Crippen LogP contribution in [0, 0.1) is 17.8 Å². The molecule has 116 valence electrons. The molecule has 3 nitrogen and oxygen atoms in total. The Morgan fingerprint density at radius 1 is 1.35 bits per heavy atom. The second-order valence-corrected chi connectivity index (χ2v) is 6.82. The van der Waals surface area contributed by atoms with Gasteiger partial charge in [-0.2, -0.15) is 11.8 Å². The Morgan fingerprint density at radius 2 is 1.95 bits per heavy atom. The molecular weight excluding hydrogens is 284 g/mol. The molecule has 1 amide bonds. The Bertz CT molecular complexity index is 332. The van der Waals surface area contributed by atoms with Crippen molar-refractivity contribution >= 4 is 17.7 Å². The van der Waals surface area contributed by atoms with Gasteiger partial charge in [-0.05, 0) is 38.4 Å². The van der Waals surface area contributed by atoms with Crippen LogP contribution in [0.25, 0.3) is 0 Å². The van der Waals surface area contributed by atoms with Crippen LogP contribution in [0.5, 0.6) is 0 Å². The number of halogens is 2. The van der Waals surface area contributed by atoms with Crippen molar-refractivity contribution in [3.8, 4) is 0 Å². The molecule has 0 bridgehead atoms. The number of carbonyl (C=O) groups excluding carboxylic acids is 1. The highest BCUT2D eigenvalue weighted by molar-refractivity contribution is 7.98. The summed E-state index contributed by atoms with van der Waals surface area (Å²) < 4.78 is 26.6. The number of amides is 1. The van der Waals surface area contributed by atoms with Crippen LogP contribution in [-0.2, 0) is 4.79 Å². The molecule has 0 aromatic heterocycles. The Kier molecular flexibility index (Phi) is 5.29. The minimum absolute atomic E-state index is 0.0258. The number of hydrogen-bond acceptors (Lipinski definition) is 3. The number of hydrogen-bond donors (Lipinski definition) is 2. The summed E-state index contributed by atoms with van der Waals surface area (Å²) in [4.78, 5) is 12.2. The lowest BCUT2D eigenvalue weighted by Crippen LogP contribution is -2.41. The van der Waals surface area contributed by atoms with Crippen LogP contribution >= 0.6 is 11.8 Å². The molecule has 0 aromatic carbocycles. The van der Waals surface area contributed by atoms with Crippen LogP contribution in [-0.4, -0.2) is 41.6 Å². The zero-order chi connectivity index (χ0) is 14.8. The number of thioether (sulfide) groups is 1. The van der Waals surface area contributed by atoms with Gasteiger partial charge in [-0.25, -0.2) is 8.78 Å². The van der Waals surface area contributed by atoms with Crippen molar-refractivity contribution < 1.29 is 18.7 Å². The van der Waals surface area contributed by atoms with Crippen molar-refractivity contribution in [1.82, 2.24) is 5.32 Å². The summed E-state index contributed by atoms with van der Waals surface area (Å²) in [7, 11) is 0. The van der Waals surface area contributed by atoms with Crippen molar-refractivity contribution in [2.45, 2.75) is 44.1 Å². The second-order valence-electron chi connectivity index (χ2n) is 5.91. The number of fused-ring (bicyclic) bond motifs is 1. The van der Waals surface area contributed by atoms with Crippen molar-refractivity contribution in [3.05, 3.63) is 0 Å². The predicted octanol–water partition coefficient (Wildman–Crippen LogP) is 2.29. The summed E-state index contributed by atoms with van der Waals surface area (Å²) >= 11 is 1.62. The average molecular weight is 307 g/mol. The predicted molar refractivity (Wildman–Crippen MR) is 75.9 cm³/mol. The van der Waals surface area contributed by atoms with E-state index >= 15 is 0 Å². The molecule has 2 rings (SSSR count). The molecule has 0 saturated heterocycles. The molecule has 20 heavy (non-hydrogen) atoms. The van der Waals surface area contributed by atoms with Gasteiger partial charge < -0.3 is 10.4 Å². The van der Waals surface area contributed by atoms with E-state index in [1.807, 2.05) is 6.26 Å². The summed E-state index contributed by atoms with van der Waals surface area (Å²) in [6.07, 6.45) is 4.55. The summed E-state index contributed by atoms with van der Waals surface area (Å²) in [5, 5.41) is 11.9. The van der Waals surface area contributed by atoms with Gasteiger partial charge in [0.15, 0.2) is 0 Å². The van der Waals surface area contributed by atoms with Crippen molar-refractivity contribution in [2.75, 3.05) is 18.6 Å². The number of aliphatic hydroxyl groups excluding tert-OH is 1. The summed E-state index contributed by atoms with van der Waals surface area (Å²) in [5.74, 6) is -2.84. The first-order chi connectivity index (χ1) is 9.50. The maximum absolute atomic E-state index is 13.3. The SMILES string of the molecule is CSCC(CCO)NC(=O)C1CCC2C(CC1)C2(F)F. The lowest BCUT2D eigenvalue weighted by atomic mass is 9.96. The number of rotatable bonds is 6. The molecular formula is C14H23F2NO2S. The largest absolute Gasteiger partial charge is 0.396 e. The highest BCUT2D eigenvalue weighted by atomic mass is 32.2. The molecule has 0 aliphatic heterocycles. The topological polar surface area (TPSA) is 49.3 Å². The number of aliphatic hydroxyl groups is 1. The van der Waals surface area contributed by atoms with Crippen LogP contribution < -0.4 is 5.32 Å². The molecule has 3 unspecified atom stereocenters. The normalized spacial score (nSPS) is 32.9. The highest BCUT2D eigenvalue weighted by Gasteiger charge is 2.67. The Labute approximate surface area is 122 Å². The smallest absolute Gasteiger partial charge is 0.254 e. The van der Waals surface area contributed by atoms with Crippen LogP contribution in [0.1, 0.15) is 32.1 Å². The Balaban J connectivity index is 1.81. The van der Waals surface area contributed by atoms with E-state index in [0.29, 0.717) is 32.1 Å².